The molecule has 1 aromatic carbocycles. The molecule has 0 radical (unpaired) electrons. The first-order valence-electron chi connectivity index (χ1n) is 5.31. The van der Waals surface area contributed by atoms with Gasteiger partial charge in [0.25, 0.3) is 0 Å². The zero-order chi connectivity index (χ0) is 12.8. The third kappa shape index (κ3) is 3.79. The van der Waals surface area contributed by atoms with Crippen molar-refractivity contribution in [2.45, 2.75) is 19.9 Å². The molecule has 0 aromatic heterocycles. The van der Waals surface area contributed by atoms with Crippen molar-refractivity contribution in [3.8, 4) is 0 Å². The van der Waals surface area contributed by atoms with Crippen molar-refractivity contribution in [2.75, 3.05) is 11.9 Å². The molecule has 0 aliphatic heterocycles. The molecule has 5 heteroatoms. The zero-order valence-corrected chi connectivity index (χ0v) is 9.77. The number of aliphatic carboxylic acids is 1. The van der Waals surface area contributed by atoms with Crippen LogP contribution < -0.4 is 5.32 Å². The lowest BCUT2D eigenvalue weighted by Crippen LogP contribution is -2.25. The summed E-state index contributed by atoms with van der Waals surface area (Å²) in [5, 5.41) is 11.5. The molecule has 0 amide bonds. The van der Waals surface area contributed by atoms with E-state index >= 15 is 0 Å². The maximum absolute atomic E-state index is 11.5. The van der Waals surface area contributed by atoms with Gasteiger partial charge in [-0.15, -0.1) is 0 Å². The fraction of sp³-hybridized carbons (Fsp3) is 0.333. The lowest BCUT2D eigenvalue weighted by atomic mass is 10.2. The Labute approximate surface area is 99.4 Å². The van der Waals surface area contributed by atoms with Crippen molar-refractivity contribution in [3.63, 3.8) is 0 Å². The Balaban J connectivity index is 2.79. The van der Waals surface area contributed by atoms with Crippen LogP contribution in [-0.4, -0.2) is 29.7 Å². The summed E-state index contributed by atoms with van der Waals surface area (Å²) in [5.41, 5.74) is 0.972. The van der Waals surface area contributed by atoms with Gasteiger partial charge in [0.05, 0.1) is 12.2 Å². The monoisotopic (exact) mass is 237 g/mol. The number of anilines is 1. The van der Waals surface area contributed by atoms with Crippen molar-refractivity contribution in [2.24, 2.45) is 0 Å². The van der Waals surface area contributed by atoms with Crippen LogP contribution in [0.25, 0.3) is 0 Å². The summed E-state index contributed by atoms with van der Waals surface area (Å²) in [4.78, 5) is 22.1. The van der Waals surface area contributed by atoms with Gasteiger partial charge in [-0.05, 0) is 32.0 Å². The van der Waals surface area contributed by atoms with E-state index in [4.69, 9.17) is 9.84 Å². The molecular weight excluding hydrogens is 222 g/mol. The van der Waals surface area contributed by atoms with Crippen molar-refractivity contribution >= 4 is 17.6 Å². The van der Waals surface area contributed by atoms with Crippen LogP contribution in [-0.2, 0) is 9.53 Å². The number of carbonyl (C=O) groups is 2. The van der Waals surface area contributed by atoms with Crippen LogP contribution in [0.3, 0.4) is 0 Å². The molecule has 0 fully saturated rings. The number of ether oxygens (including phenoxy) is 1. The maximum atomic E-state index is 11.5. The molecule has 0 saturated carbocycles. The second kappa shape index (κ2) is 5.89. The van der Waals surface area contributed by atoms with Gasteiger partial charge in [0.15, 0.2) is 0 Å². The van der Waals surface area contributed by atoms with E-state index in [-0.39, 0.29) is 0 Å². The molecule has 0 bridgehead atoms. The lowest BCUT2D eigenvalue weighted by molar-refractivity contribution is -0.137. The summed E-state index contributed by atoms with van der Waals surface area (Å²) in [6, 6.07) is 5.84. The number of carboxylic acids is 1. The second-order valence-corrected chi connectivity index (χ2v) is 3.51. The first-order valence-corrected chi connectivity index (χ1v) is 5.31. The van der Waals surface area contributed by atoms with Crippen LogP contribution in [0.2, 0.25) is 0 Å². The average molecular weight is 237 g/mol. The SMILES string of the molecule is CCOC(=O)c1cccc(NC(C)C(=O)O)c1. The van der Waals surface area contributed by atoms with Gasteiger partial charge in [-0.1, -0.05) is 6.07 Å². The third-order valence-electron chi connectivity index (χ3n) is 2.13. The normalized spacial score (nSPS) is 11.6. The molecule has 92 valence electrons. The molecule has 5 nitrogen and oxygen atoms in total. The molecule has 0 saturated heterocycles. The Hall–Kier alpha value is -2.04. The summed E-state index contributed by atoms with van der Waals surface area (Å²) >= 11 is 0. The van der Waals surface area contributed by atoms with E-state index in [9.17, 15) is 9.59 Å². The van der Waals surface area contributed by atoms with E-state index in [0.717, 1.165) is 0 Å². The number of carbonyl (C=O) groups excluding carboxylic acids is 1. The summed E-state index contributed by atoms with van der Waals surface area (Å²) in [7, 11) is 0. The predicted octanol–water partition coefficient (Wildman–Crippen LogP) is 1.75. The first-order chi connectivity index (χ1) is 8.04. The highest BCUT2D eigenvalue weighted by molar-refractivity contribution is 5.90. The van der Waals surface area contributed by atoms with E-state index in [0.29, 0.717) is 17.9 Å². The van der Waals surface area contributed by atoms with E-state index in [1.807, 2.05) is 0 Å². The molecule has 0 aliphatic carbocycles. The van der Waals surface area contributed by atoms with Gasteiger partial charge in [0, 0.05) is 5.69 Å². The molecule has 0 heterocycles. The molecule has 1 aromatic rings. The summed E-state index contributed by atoms with van der Waals surface area (Å²) in [6.45, 7) is 3.56. The largest absolute Gasteiger partial charge is 0.480 e. The van der Waals surface area contributed by atoms with E-state index in [2.05, 4.69) is 5.32 Å². The molecule has 1 rings (SSSR count). The Bertz CT molecular complexity index is 417. The first kappa shape index (κ1) is 13.0. The highest BCUT2D eigenvalue weighted by Gasteiger charge is 2.11. The Kier molecular flexibility index (Phi) is 4.51. The quantitative estimate of drug-likeness (QED) is 0.763. The smallest absolute Gasteiger partial charge is 0.338 e. The standard InChI is InChI=1S/C12H15NO4/c1-3-17-12(16)9-5-4-6-10(7-9)13-8(2)11(14)15/h4-8,13H,3H2,1-2H3,(H,14,15). The van der Waals surface area contributed by atoms with Crippen molar-refractivity contribution in [1.82, 2.24) is 0 Å². The topological polar surface area (TPSA) is 75.6 Å². The number of rotatable bonds is 5. The minimum Gasteiger partial charge on any atom is -0.480 e. The average Bonchev–Trinajstić information content (AvgIpc) is 2.29. The van der Waals surface area contributed by atoms with Crippen LogP contribution >= 0.6 is 0 Å². The van der Waals surface area contributed by atoms with Gasteiger partial charge in [-0.3, -0.25) is 4.79 Å². The summed E-state index contributed by atoms with van der Waals surface area (Å²) in [6.07, 6.45) is 0. The van der Waals surface area contributed by atoms with Crippen LogP contribution in [0.5, 0.6) is 0 Å². The number of nitrogens with one attached hydrogen (secondary N) is 1. The number of hydrogen-bond donors (Lipinski definition) is 2. The van der Waals surface area contributed by atoms with E-state index in [1.165, 1.54) is 6.92 Å². The van der Waals surface area contributed by atoms with Gasteiger partial charge < -0.3 is 15.2 Å². The molecular formula is C12H15NO4. The number of hydrogen-bond acceptors (Lipinski definition) is 4. The molecule has 2 N–H and O–H groups in total. The molecule has 0 spiro atoms. The second-order valence-electron chi connectivity index (χ2n) is 3.51. The minimum absolute atomic E-state index is 0.308. The third-order valence-corrected chi connectivity index (χ3v) is 2.13. The van der Waals surface area contributed by atoms with Crippen molar-refractivity contribution in [3.05, 3.63) is 29.8 Å². The highest BCUT2D eigenvalue weighted by atomic mass is 16.5. The maximum Gasteiger partial charge on any atom is 0.338 e. The van der Waals surface area contributed by atoms with Gasteiger partial charge >= 0.3 is 11.9 Å². The van der Waals surface area contributed by atoms with Crippen LogP contribution in [0.4, 0.5) is 5.69 Å². The summed E-state index contributed by atoms with van der Waals surface area (Å²) in [5.74, 6) is -1.37. The van der Waals surface area contributed by atoms with Crippen LogP contribution in [0.1, 0.15) is 24.2 Å². The van der Waals surface area contributed by atoms with E-state index in [1.54, 1.807) is 31.2 Å². The van der Waals surface area contributed by atoms with Crippen LogP contribution in [0, 0.1) is 0 Å². The fourth-order valence-electron chi connectivity index (χ4n) is 1.26. The van der Waals surface area contributed by atoms with Gasteiger partial charge in [0.2, 0.25) is 0 Å². The lowest BCUT2D eigenvalue weighted by Gasteiger charge is -2.11. The number of carboxylic acid groups (broad SMARTS) is 1. The molecule has 0 aliphatic rings. The minimum atomic E-state index is -0.952. The highest BCUT2D eigenvalue weighted by Crippen LogP contribution is 2.12. The molecule has 17 heavy (non-hydrogen) atoms. The van der Waals surface area contributed by atoms with Gasteiger partial charge in [-0.2, -0.15) is 0 Å². The van der Waals surface area contributed by atoms with Crippen molar-refractivity contribution < 1.29 is 19.4 Å². The number of benzene rings is 1. The predicted molar refractivity (Wildman–Crippen MR) is 63.1 cm³/mol. The number of esters is 1. The Morgan fingerprint density at radius 1 is 1.47 bits per heavy atom. The Morgan fingerprint density at radius 3 is 2.76 bits per heavy atom. The zero-order valence-electron chi connectivity index (χ0n) is 9.77. The van der Waals surface area contributed by atoms with E-state index < -0.39 is 18.0 Å². The Morgan fingerprint density at radius 2 is 2.18 bits per heavy atom. The molecule has 1 unspecified atom stereocenters. The molecule has 1 atom stereocenters. The van der Waals surface area contributed by atoms with Gasteiger partial charge in [-0.25, -0.2) is 4.79 Å². The summed E-state index contributed by atoms with van der Waals surface area (Å²) < 4.78 is 4.85. The van der Waals surface area contributed by atoms with Crippen molar-refractivity contribution in [1.29, 1.82) is 0 Å². The van der Waals surface area contributed by atoms with Crippen LogP contribution in [0.15, 0.2) is 24.3 Å². The fourth-order valence-corrected chi connectivity index (χ4v) is 1.26. The van der Waals surface area contributed by atoms with Gasteiger partial charge in [0.1, 0.15) is 6.04 Å².